The zero-order valence-corrected chi connectivity index (χ0v) is 18.6. The number of halogens is 1. The van der Waals surface area contributed by atoms with Gasteiger partial charge in [0.25, 0.3) is 0 Å². The fraction of sp³-hybridized carbons (Fsp3) is 0.500. The van der Waals surface area contributed by atoms with E-state index in [1.54, 1.807) is 14.0 Å². The molecule has 1 saturated heterocycles. The summed E-state index contributed by atoms with van der Waals surface area (Å²) in [6, 6.07) is 10.4. The van der Waals surface area contributed by atoms with Gasteiger partial charge in [0.15, 0.2) is 5.96 Å². The Morgan fingerprint density at radius 2 is 1.85 bits per heavy atom. The highest BCUT2D eigenvalue weighted by atomic mass is 127. The fourth-order valence-electron chi connectivity index (χ4n) is 2.75. The summed E-state index contributed by atoms with van der Waals surface area (Å²) in [5.41, 5.74) is 2.70. The number of likely N-dealkylation sites (tertiary alicyclic amines) is 1. The number of guanidine groups is 1. The molecule has 0 aliphatic carbocycles. The van der Waals surface area contributed by atoms with Crippen molar-refractivity contribution in [2.75, 3.05) is 39.0 Å². The third-order valence-electron chi connectivity index (χ3n) is 4.20. The quantitative estimate of drug-likeness (QED) is 0.277. The van der Waals surface area contributed by atoms with Crippen LogP contribution in [0.1, 0.15) is 25.3 Å². The fourth-order valence-corrected chi connectivity index (χ4v) is 3.37. The average Bonchev–Trinajstić information content (AvgIpc) is 2.64. The Hall–Kier alpha value is -1.13. The molecule has 0 saturated carbocycles. The number of rotatable bonds is 6. The van der Waals surface area contributed by atoms with Gasteiger partial charge >= 0.3 is 0 Å². The van der Waals surface area contributed by atoms with Crippen LogP contribution in [0.25, 0.3) is 6.08 Å². The van der Waals surface area contributed by atoms with Gasteiger partial charge in [-0.1, -0.05) is 42.0 Å². The molecule has 1 aliphatic rings. The number of piperidine rings is 1. The maximum absolute atomic E-state index is 11.4. The minimum atomic E-state index is -3.14. The lowest BCUT2D eigenvalue weighted by Crippen LogP contribution is -2.46. The second-order valence-electron chi connectivity index (χ2n) is 5.97. The Balaban J connectivity index is 0.00000338. The summed E-state index contributed by atoms with van der Waals surface area (Å²) >= 11 is 0. The van der Waals surface area contributed by atoms with Gasteiger partial charge in [-0.3, -0.25) is 4.99 Å². The van der Waals surface area contributed by atoms with Crippen LogP contribution < -0.4 is 10.0 Å². The van der Waals surface area contributed by atoms with Crippen molar-refractivity contribution in [3.63, 3.8) is 0 Å². The molecular weight excluding hydrogens is 463 g/mol. The molecule has 1 fully saturated rings. The van der Waals surface area contributed by atoms with Crippen LogP contribution in [0.5, 0.6) is 0 Å². The maximum atomic E-state index is 11.4. The summed E-state index contributed by atoms with van der Waals surface area (Å²) in [4.78, 5) is 6.53. The molecule has 0 bridgehead atoms. The Kier molecular flexibility index (Phi) is 10.2. The second-order valence-corrected chi connectivity index (χ2v) is 8.07. The topological polar surface area (TPSA) is 73.8 Å². The van der Waals surface area contributed by atoms with E-state index >= 15 is 0 Å². The number of sulfonamides is 1. The van der Waals surface area contributed by atoms with Crippen LogP contribution >= 0.6 is 24.0 Å². The normalized spacial score (nSPS) is 15.4. The van der Waals surface area contributed by atoms with Crippen LogP contribution in [0.4, 0.5) is 0 Å². The van der Waals surface area contributed by atoms with Crippen LogP contribution in [-0.4, -0.2) is 58.3 Å². The maximum Gasteiger partial charge on any atom is 0.211 e. The van der Waals surface area contributed by atoms with E-state index in [0.29, 0.717) is 13.1 Å². The molecule has 0 radical (unpaired) electrons. The Morgan fingerprint density at radius 1 is 1.19 bits per heavy atom. The van der Waals surface area contributed by atoms with Crippen LogP contribution in [0.3, 0.4) is 0 Å². The zero-order chi connectivity index (χ0) is 18.1. The van der Waals surface area contributed by atoms with Gasteiger partial charge < -0.3 is 10.2 Å². The predicted octanol–water partition coefficient (Wildman–Crippen LogP) is 2.30. The molecule has 2 rings (SSSR count). The second kappa shape index (κ2) is 11.6. The molecular formula is C18H29IN4O2S. The molecule has 146 valence electrons. The van der Waals surface area contributed by atoms with Crippen molar-refractivity contribution in [2.24, 2.45) is 4.99 Å². The minimum Gasteiger partial charge on any atom is -0.355 e. The van der Waals surface area contributed by atoms with Crippen molar-refractivity contribution in [2.45, 2.75) is 19.8 Å². The van der Waals surface area contributed by atoms with Crippen LogP contribution in [0, 0.1) is 0 Å². The van der Waals surface area contributed by atoms with Gasteiger partial charge in [0, 0.05) is 33.2 Å². The van der Waals surface area contributed by atoms with Crippen LogP contribution in [-0.2, 0) is 10.0 Å². The standard InChI is InChI=1S/C18H28N4O2S.HI/c1-3-25(23,24)21-12-11-20-18(19-2)22-13-9-17(10-14-22)15-16-7-5-4-6-8-16;/h4-8,15,21H,3,9-14H2,1-2H3,(H,19,20);1H. The summed E-state index contributed by atoms with van der Waals surface area (Å²) in [5, 5.41) is 3.23. The van der Waals surface area contributed by atoms with Crippen LogP contribution in [0.15, 0.2) is 40.9 Å². The molecule has 8 heteroatoms. The first-order chi connectivity index (χ1) is 12.0. The van der Waals surface area contributed by atoms with Gasteiger partial charge in [-0.15, -0.1) is 24.0 Å². The Bertz CT molecular complexity index is 695. The molecule has 0 spiro atoms. The van der Waals surface area contributed by atoms with Crippen molar-refractivity contribution < 1.29 is 8.42 Å². The molecule has 1 aromatic rings. The zero-order valence-electron chi connectivity index (χ0n) is 15.4. The van der Waals surface area contributed by atoms with E-state index in [1.165, 1.54) is 11.1 Å². The molecule has 2 N–H and O–H groups in total. The third kappa shape index (κ3) is 7.63. The third-order valence-corrected chi connectivity index (χ3v) is 5.60. The molecule has 1 heterocycles. The van der Waals surface area contributed by atoms with E-state index in [1.807, 2.05) is 6.07 Å². The number of aliphatic imine (C=N–C) groups is 1. The molecule has 26 heavy (non-hydrogen) atoms. The highest BCUT2D eigenvalue weighted by molar-refractivity contribution is 14.0. The smallest absolute Gasteiger partial charge is 0.211 e. The monoisotopic (exact) mass is 492 g/mol. The van der Waals surface area contributed by atoms with E-state index in [0.717, 1.165) is 31.9 Å². The summed E-state index contributed by atoms with van der Waals surface area (Å²) in [6.07, 6.45) is 4.29. The van der Waals surface area contributed by atoms with Gasteiger partial charge in [0.05, 0.1) is 5.75 Å². The van der Waals surface area contributed by atoms with Gasteiger partial charge in [0.2, 0.25) is 10.0 Å². The number of nitrogens with one attached hydrogen (secondary N) is 2. The summed E-state index contributed by atoms with van der Waals surface area (Å²) in [7, 11) is -1.38. The first-order valence-corrected chi connectivity index (χ1v) is 10.4. The molecule has 0 amide bonds. The molecule has 1 aromatic carbocycles. The molecule has 0 atom stereocenters. The lowest BCUT2D eigenvalue weighted by molar-refractivity contribution is 0.376. The summed E-state index contributed by atoms with van der Waals surface area (Å²) in [6.45, 7) is 4.35. The largest absolute Gasteiger partial charge is 0.355 e. The Labute approximate surface area is 174 Å². The van der Waals surface area contributed by atoms with E-state index in [-0.39, 0.29) is 29.7 Å². The van der Waals surface area contributed by atoms with Gasteiger partial charge in [0.1, 0.15) is 0 Å². The predicted molar refractivity (Wildman–Crippen MR) is 119 cm³/mol. The van der Waals surface area contributed by atoms with Gasteiger partial charge in [-0.2, -0.15) is 0 Å². The minimum absolute atomic E-state index is 0. The van der Waals surface area contributed by atoms with Crippen molar-refractivity contribution >= 4 is 46.0 Å². The first-order valence-electron chi connectivity index (χ1n) is 8.71. The number of hydrogen-bond donors (Lipinski definition) is 2. The van der Waals surface area contributed by atoms with E-state index in [9.17, 15) is 8.42 Å². The highest BCUT2D eigenvalue weighted by Gasteiger charge is 2.17. The Morgan fingerprint density at radius 3 is 2.42 bits per heavy atom. The molecule has 1 aliphatic heterocycles. The average molecular weight is 492 g/mol. The number of benzene rings is 1. The highest BCUT2D eigenvalue weighted by Crippen LogP contribution is 2.19. The summed E-state index contributed by atoms with van der Waals surface area (Å²) < 4.78 is 25.4. The lowest BCUT2D eigenvalue weighted by Gasteiger charge is -2.31. The van der Waals surface area contributed by atoms with Gasteiger partial charge in [-0.05, 0) is 25.3 Å². The van der Waals surface area contributed by atoms with Crippen LogP contribution in [0.2, 0.25) is 0 Å². The summed E-state index contributed by atoms with van der Waals surface area (Å²) in [5.74, 6) is 0.930. The van der Waals surface area contributed by atoms with E-state index in [4.69, 9.17) is 0 Å². The van der Waals surface area contributed by atoms with E-state index in [2.05, 4.69) is 50.3 Å². The molecule has 6 nitrogen and oxygen atoms in total. The van der Waals surface area contributed by atoms with E-state index < -0.39 is 10.0 Å². The SMILES string of the molecule is CCS(=O)(=O)NCCNC(=NC)N1CCC(=Cc2ccccc2)CC1.I. The number of nitrogens with zero attached hydrogens (tertiary/aromatic N) is 2. The molecule has 0 aromatic heterocycles. The van der Waals surface area contributed by atoms with Gasteiger partial charge in [-0.25, -0.2) is 13.1 Å². The lowest BCUT2D eigenvalue weighted by atomic mass is 10.0. The van der Waals surface area contributed by atoms with Crippen molar-refractivity contribution in [1.82, 2.24) is 14.9 Å². The van der Waals surface area contributed by atoms with Crippen molar-refractivity contribution in [1.29, 1.82) is 0 Å². The molecule has 0 unspecified atom stereocenters. The van der Waals surface area contributed by atoms with Crippen molar-refractivity contribution in [3.05, 3.63) is 41.5 Å². The number of hydrogen-bond acceptors (Lipinski definition) is 3. The van der Waals surface area contributed by atoms with Crippen molar-refractivity contribution in [3.8, 4) is 0 Å². The first kappa shape index (κ1) is 22.9.